The van der Waals surface area contributed by atoms with E-state index in [1.165, 1.54) is 6.08 Å². The van der Waals surface area contributed by atoms with Gasteiger partial charge in [-0.3, -0.25) is 0 Å². The first-order valence-corrected chi connectivity index (χ1v) is 6.29. The van der Waals surface area contributed by atoms with Crippen molar-refractivity contribution in [3.8, 4) is 0 Å². The Kier molecular flexibility index (Phi) is 4.01. The van der Waals surface area contributed by atoms with Gasteiger partial charge in [-0.15, -0.1) is 6.58 Å². The highest BCUT2D eigenvalue weighted by atomic mass is 16.4. The number of aliphatic hydroxyl groups is 1. The fraction of sp³-hybridized carbons (Fsp3) is 0.118. The summed E-state index contributed by atoms with van der Waals surface area (Å²) in [4.78, 5) is 11.7. The molecule has 0 aliphatic carbocycles. The predicted molar refractivity (Wildman–Crippen MR) is 77.4 cm³/mol. The van der Waals surface area contributed by atoms with Crippen LogP contribution in [-0.4, -0.2) is 16.2 Å². The van der Waals surface area contributed by atoms with Gasteiger partial charge >= 0.3 is 5.97 Å². The molecule has 2 N–H and O–H groups in total. The Morgan fingerprint density at radius 3 is 2.00 bits per heavy atom. The minimum Gasteiger partial charge on any atom is -0.479 e. The first kappa shape index (κ1) is 14.0. The maximum absolute atomic E-state index is 11.7. The van der Waals surface area contributed by atoms with Crippen molar-refractivity contribution in [3.63, 3.8) is 0 Å². The summed E-state index contributed by atoms with van der Waals surface area (Å²) in [6, 6.07) is 17.4. The zero-order chi connectivity index (χ0) is 14.6. The van der Waals surface area contributed by atoms with Crippen LogP contribution < -0.4 is 0 Å². The van der Waals surface area contributed by atoms with Gasteiger partial charge in [-0.05, 0) is 11.1 Å². The van der Waals surface area contributed by atoms with Gasteiger partial charge < -0.3 is 10.2 Å². The Morgan fingerprint density at radius 2 is 1.55 bits per heavy atom. The standard InChI is InChI=1S/C17H16O3/c1-2-15(13-9-5-3-6-10-13)17(20,16(18)19)14-11-7-4-8-12-14/h2-12,15,20H,1H2,(H,18,19)/t15-,17+/m1/s1. The third-order valence-electron chi connectivity index (χ3n) is 3.38. The van der Waals surface area contributed by atoms with Crippen molar-refractivity contribution in [1.82, 2.24) is 0 Å². The highest BCUT2D eigenvalue weighted by Gasteiger charge is 2.45. The van der Waals surface area contributed by atoms with Crippen LogP contribution in [0.3, 0.4) is 0 Å². The lowest BCUT2D eigenvalue weighted by Gasteiger charge is -2.31. The second kappa shape index (κ2) is 5.72. The van der Waals surface area contributed by atoms with Crippen molar-refractivity contribution in [2.24, 2.45) is 0 Å². The summed E-state index contributed by atoms with van der Waals surface area (Å²) in [6.07, 6.45) is 1.47. The van der Waals surface area contributed by atoms with Crippen LogP contribution in [0.5, 0.6) is 0 Å². The van der Waals surface area contributed by atoms with Crippen LogP contribution in [0.15, 0.2) is 73.3 Å². The molecule has 0 aliphatic heterocycles. The molecule has 0 fully saturated rings. The van der Waals surface area contributed by atoms with E-state index in [1.54, 1.807) is 54.6 Å². The lowest BCUT2D eigenvalue weighted by Crippen LogP contribution is -2.41. The molecule has 0 bridgehead atoms. The van der Waals surface area contributed by atoms with Gasteiger partial charge in [-0.2, -0.15) is 0 Å². The number of aliphatic carboxylic acids is 1. The average molecular weight is 268 g/mol. The minimum atomic E-state index is -2.04. The Balaban J connectivity index is 2.58. The first-order valence-electron chi connectivity index (χ1n) is 6.29. The Bertz CT molecular complexity index is 592. The number of carboxylic acid groups (broad SMARTS) is 1. The first-order chi connectivity index (χ1) is 9.60. The number of hydrogen-bond acceptors (Lipinski definition) is 2. The monoisotopic (exact) mass is 268 g/mol. The fourth-order valence-electron chi connectivity index (χ4n) is 2.34. The SMILES string of the molecule is C=C[C@H](c1ccccc1)[C@](O)(C(=O)O)c1ccccc1. The molecule has 102 valence electrons. The lowest BCUT2D eigenvalue weighted by molar-refractivity contribution is -0.161. The summed E-state index contributed by atoms with van der Waals surface area (Å²) in [6.45, 7) is 3.69. The van der Waals surface area contributed by atoms with E-state index < -0.39 is 17.5 Å². The maximum atomic E-state index is 11.7. The van der Waals surface area contributed by atoms with Crippen molar-refractivity contribution in [2.45, 2.75) is 11.5 Å². The summed E-state index contributed by atoms with van der Waals surface area (Å²) in [5, 5.41) is 20.4. The van der Waals surface area contributed by atoms with Crippen molar-refractivity contribution >= 4 is 5.97 Å². The normalized spacial score (nSPS) is 15.1. The summed E-state index contributed by atoms with van der Waals surface area (Å²) in [7, 11) is 0. The molecular weight excluding hydrogens is 252 g/mol. The van der Waals surface area contributed by atoms with Crippen molar-refractivity contribution in [2.75, 3.05) is 0 Å². The van der Waals surface area contributed by atoms with Crippen molar-refractivity contribution < 1.29 is 15.0 Å². The Labute approximate surface area is 117 Å². The number of carbonyl (C=O) groups is 1. The van der Waals surface area contributed by atoms with Crippen LogP contribution >= 0.6 is 0 Å². The summed E-state index contributed by atoms with van der Waals surface area (Å²) in [5.74, 6) is -2.03. The zero-order valence-corrected chi connectivity index (χ0v) is 10.9. The lowest BCUT2D eigenvalue weighted by atomic mass is 9.77. The van der Waals surface area contributed by atoms with Gasteiger partial charge in [0.2, 0.25) is 0 Å². The number of benzene rings is 2. The molecule has 0 aliphatic rings. The summed E-state index contributed by atoms with van der Waals surface area (Å²) < 4.78 is 0. The van der Waals surface area contributed by atoms with Crippen molar-refractivity contribution in [1.29, 1.82) is 0 Å². The Morgan fingerprint density at radius 1 is 1.05 bits per heavy atom. The van der Waals surface area contributed by atoms with Gasteiger partial charge in [0.25, 0.3) is 0 Å². The predicted octanol–water partition coefficient (Wildman–Crippen LogP) is 2.93. The molecular formula is C17H16O3. The van der Waals surface area contributed by atoms with E-state index in [-0.39, 0.29) is 0 Å². The van der Waals surface area contributed by atoms with E-state index in [9.17, 15) is 15.0 Å². The second-order valence-electron chi connectivity index (χ2n) is 4.56. The molecule has 0 spiro atoms. The molecule has 3 nitrogen and oxygen atoms in total. The quantitative estimate of drug-likeness (QED) is 0.820. The average Bonchev–Trinajstić information content (AvgIpc) is 2.49. The third kappa shape index (κ3) is 2.36. The Hall–Kier alpha value is -2.39. The van der Waals surface area contributed by atoms with Crippen LogP contribution in [0.4, 0.5) is 0 Å². The van der Waals surface area contributed by atoms with E-state index in [4.69, 9.17) is 0 Å². The minimum absolute atomic E-state index is 0.334. The van der Waals surface area contributed by atoms with E-state index in [2.05, 4.69) is 6.58 Å². The molecule has 2 aromatic rings. The molecule has 2 rings (SSSR count). The summed E-state index contributed by atoms with van der Waals surface area (Å²) in [5.41, 5.74) is -0.998. The van der Waals surface area contributed by atoms with Crippen LogP contribution in [0.25, 0.3) is 0 Å². The van der Waals surface area contributed by atoms with E-state index in [0.717, 1.165) is 0 Å². The van der Waals surface area contributed by atoms with E-state index in [1.807, 2.05) is 6.07 Å². The molecule has 2 aromatic carbocycles. The number of hydrogen-bond donors (Lipinski definition) is 2. The molecule has 3 heteroatoms. The maximum Gasteiger partial charge on any atom is 0.341 e. The zero-order valence-electron chi connectivity index (χ0n) is 10.9. The molecule has 0 aromatic heterocycles. The topological polar surface area (TPSA) is 57.5 Å². The van der Waals surface area contributed by atoms with Crippen LogP contribution in [0, 0.1) is 0 Å². The molecule has 0 saturated carbocycles. The second-order valence-corrected chi connectivity index (χ2v) is 4.56. The molecule has 0 radical (unpaired) electrons. The molecule has 0 unspecified atom stereocenters. The van der Waals surface area contributed by atoms with Gasteiger partial charge in [-0.1, -0.05) is 66.7 Å². The van der Waals surface area contributed by atoms with E-state index >= 15 is 0 Å². The molecule has 20 heavy (non-hydrogen) atoms. The van der Waals surface area contributed by atoms with Gasteiger partial charge in [0.05, 0.1) is 0 Å². The van der Waals surface area contributed by atoms with Gasteiger partial charge in [0, 0.05) is 5.92 Å². The largest absolute Gasteiger partial charge is 0.479 e. The third-order valence-corrected chi connectivity index (χ3v) is 3.38. The molecule has 0 heterocycles. The smallest absolute Gasteiger partial charge is 0.341 e. The number of carboxylic acids is 1. The molecule has 2 atom stereocenters. The van der Waals surface area contributed by atoms with E-state index in [0.29, 0.717) is 11.1 Å². The van der Waals surface area contributed by atoms with Crippen LogP contribution in [0.1, 0.15) is 17.0 Å². The van der Waals surface area contributed by atoms with Crippen molar-refractivity contribution in [3.05, 3.63) is 84.4 Å². The summed E-state index contributed by atoms with van der Waals surface area (Å²) >= 11 is 0. The van der Waals surface area contributed by atoms with Crippen LogP contribution in [-0.2, 0) is 10.4 Å². The van der Waals surface area contributed by atoms with Gasteiger partial charge in [0.15, 0.2) is 5.60 Å². The van der Waals surface area contributed by atoms with Gasteiger partial charge in [0.1, 0.15) is 0 Å². The fourth-order valence-corrected chi connectivity index (χ4v) is 2.34. The molecule has 0 saturated heterocycles. The highest BCUT2D eigenvalue weighted by molar-refractivity contribution is 5.81. The highest BCUT2D eigenvalue weighted by Crippen LogP contribution is 2.38. The van der Waals surface area contributed by atoms with Gasteiger partial charge in [-0.25, -0.2) is 4.79 Å². The number of rotatable bonds is 5. The molecule has 0 amide bonds. The van der Waals surface area contributed by atoms with Crippen LogP contribution in [0.2, 0.25) is 0 Å².